The number of carbonyl (C=O) groups excluding carboxylic acids is 2. The van der Waals surface area contributed by atoms with E-state index in [1.165, 1.54) is 11.4 Å². The molecule has 2 fully saturated rings. The fourth-order valence-corrected chi connectivity index (χ4v) is 5.63. The summed E-state index contributed by atoms with van der Waals surface area (Å²) in [6, 6.07) is 11.8. The van der Waals surface area contributed by atoms with Crippen LogP contribution in [0.5, 0.6) is 11.5 Å². The smallest absolute Gasteiger partial charge is 0.235 e. The highest BCUT2D eigenvalue weighted by molar-refractivity contribution is 6.15. The minimum atomic E-state index is -0.534. The maximum absolute atomic E-state index is 13.3. The van der Waals surface area contributed by atoms with E-state index in [9.17, 15) is 9.59 Å². The minimum absolute atomic E-state index is 0.0161. The van der Waals surface area contributed by atoms with Crippen LogP contribution in [0.3, 0.4) is 0 Å². The van der Waals surface area contributed by atoms with Crippen molar-refractivity contribution in [1.29, 1.82) is 0 Å². The van der Waals surface area contributed by atoms with Crippen molar-refractivity contribution in [3.63, 3.8) is 0 Å². The summed E-state index contributed by atoms with van der Waals surface area (Å²) in [4.78, 5) is 25.5. The zero-order valence-electron chi connectivity index (χ0n) is 18.7. The number of aldehydes is 1. The molecule has 0 atom stereocenters. The van der Waals surface area contributed by atoms with Gasteiger partial charge in [0.1, 0.15) is 24.5 Å². The van der Waals surface area contributed by atoms with Crippen LogP contribution in [-0.4, -0.2) is 32.1 Å². The van der Waals surface area contributed by atoms with Crippen molar-refractivity contribution in [1.82, 2.24) is 4.48 Å². The predicted molar refractivity (Wildman–Crippen MR) is 123 cm³/mol. The number of benzene rings is 2. The van der Waals surface area contributed by atoms with Gasteiger partial charge in [0.2, 0.25) is 12.7 Å². The maximum Gasteiger partial charge on any atom is 0.235 e. The Morgan fingerprint density at radius 3 is 2.47 bits per heavy atom. The highest BCUT2D eigenvalue weighted by atomic mass is 16.7. The molecule has 6 rings (SSSR count). The Labute approximate surface area is 187 Å². The number of rotatable bonds is 4. The zero-order valence-corrected chi connectivity index (χ0v) is 18.7. The Hall–Kier alpha value is -3.12. The molecule has 1 saturated carbocycles. The molecule has 32 heavy (non-hydrogen) atoms. The number of nitrogens with zero attached hydrogens (tertiary/aromatic N) is 1. The summed E-state index contributed by atoms with van der Waals surface area (Å²) in [5, 5.41) is 3.13. The first-order valence-corrected chi connectivity index (χ1v) is 11.2. The standard InChI is InChI=1S/C26H26N2O4/c1-25(2,3)23-19(14-29)18-13-17(5-6-20(18)28(23)10-11-28)27-24(30)26(8-9-26)16-4-7-21-22(12-16)32-15-31-21/h4-7,12-14H,8-11,15H2,1-3H3/p+1. The summed E-state index contributed by atoms with van der Waals surface area (Å²) in [5.41, 5.74) is 5.14. The highest BCUT2D eigenvalue weighted by Crippen LogP contribution is 2.56. The minimum Gasteiger partial charge on any atom is -0.454 e. The van der Waals surface area contributed by atoms with E-state index in [4.69, 9.17) is 9.47 Å². The van der Waals surface area contributed by atoms with Crippen LogP contribution in [0.2, 0.25) is 0 Å². The van der Waals surface area contributed by atoms with E-state index in [-0.39, 0.29) is 18.1 Å². The van der Waals surface area contributed by atoms with E-state index in [1.54, 1.807) is 0 Å². The molecule has 3 heterocycles. The van der Waals surface area contributed by atoms with E-state index in [0.29, 0.717) is 5.75 Å². The molecule has 1 aliphatic carbocycles. The predicted octanol–water partition coefficient (Wildman–Crippen LogP) is 4.38. The number of nitrogens with one attached hydrogen (secondary N) is 1. The quantitative estimate of drug-likeness (QED) is 0.443. The molecule has 4 aliphatic rings. The largest absolute Gasteiger partial charge is 0.454 e. The van der Waals surface area contributed by atoms with Gasteiger partial charge in [0, 0.05) is 17.2 Å². The molecule has 2 aromatic rings. The number of carbonyl (C=O) groups is 2. The second-order valence-corrected chi connectivity index (χ2v) is 10.4. The number of allylic oxidation sites excluding steroid dienone is 2. The van der Waals surface area contributed by atoms with Gasteiger partial charge in [0.05, 0.1) is 16.6 Å². The number of hydrogen-bond acceptors (Lipinski definition) is 4. The first-order chi connectivity index (χ1) is 15.3. The van der Waals surface area contributed by atoms with Crippen molar-refractivity contribution >= 4 is 29.1 Å². The Kier molecular flexibility index (Phi) is 3.81. The number of amides is 1. The average molecular weight is 432 g/mol. The summed E-state index contributed by atoms with van der Waals surface area (Å²) < 4.78 is 11.7. The molecule has 1 amide bonds. The number of fused-ring (bicyclic) bond motifs is 3. The van der Waals surface area contributed by atoms with Crippen molar-refractivity contribution in [2.75, 3.05) is 25.2 Å². The van der Waals surface area contributed by atoms with Crippen molar-refractivity contribution < 1.29 is 19.1 Å². The van der Waals surface area contributed by atoms with Crippen LogP contribution in [0.1, 0.15) is 44.7 Å². The van der Waals surface area contributed by atoms with Crippen LogP contribution in [0.15, 0.2) is 42.1 Å². The first kappa shape index (κ1) is 19.6. The third kappa shape index (κ3) is 2.62. The van der Waals surface area contributed by atoms with E-state index >= 15 is 0 Å². The lowest BCUT2D eigenvalue weighted by Gasteiger charge is -2.26. The molecule has 1 N–H and O–H groups in total. The SMILES string of the molecule is CC(C)(C)C1=C(C=O)c2cc(NC(=O)C3(c4ccc5c(c4)OCO5)CC3)ccc2[N+]12CC2. The summed E-state index contributed by atoms with van der Waals surface area (Å²) in [6.45, 7) is 8.77. The average Bonchev–Trinajstić information content (AvgIpc) is 3.65. The normalized spacial score (nSPS) is 20.8. The topological polar surface area (TPSA) is 64.6 Å². The van der Waals surface area contributed by atoms with Crippen LogP contribution in [-0.2, 0) is 15.0 Å². The molecular formula is C26H27N2O4+. The molecular weight excluding hydrogens is 404 g/mol. The second kappa shape index (κ2) is 6.23. The summed E-state index contributed by atoms with van der Waals surface area (Å²) in [5.74, 6) is 1.40. The fourth-order valence-electron chi connectivity index (χ4n) is 5.63. The highest BCUT2D eigenvalue weighted by Gasteiger charge is 2.59. The van der Waals surface area contributed by atoms with Crippen molar-refractivity contribution in [3.8, 4) is 11.5 Å². The lowest BCUT2D eigenvalue weighted by molar-refractivity contribution is -0.118. The zero-order chi connectivity index (χ0) is 22.3. The molecule has 6 heteroatoms. The van der Waals surface area contributed by atoms with Gasteiger partial charge in [0.25, 0.3) is 0 Å². The molecule has 1 saturated heterocycles. The Balaban J connectivity index is 1.32. The number of anilines is 1. The van der Waals surface area contributed by atoms with E-state index in [1.807, 2.05) is 30.3 Å². The Bertz CT molecular complexity index is 1210. The van der Waals surface area contributed by atoms with Gasteiger partial charge in [-0.3, -0.25) is 14.1 Å². The van der Waals surface area contributed by atoms with Gasteiger partial charge in [-0.2, -0.15) is 0 Å². The van der Waals surface area contributed by atoms with Gasteiger partial charge >= 0.3 is 0 Å². The van der Waals surface area contributed by atoms with Crippen LogP contribution < -0.4 is 19.3 Å². The third-order valence-electron chi connectivity index (χ3n) is 7.30. The second-order valence-electron chi connectivity index (χ2n) is 10.4. The van der Waals surface area contributed by atoms with Gasteiger partial charge in [0.15, 0.2) is 17.8 Å². The van der Waals surface area contributed by atoms with E-state index < -0.39 is 5.41 Å². The molecule has 0 radical (unpaired) electrons. The van der Waals surface area contributed by atoms with Gasteiger partial charge in [-0.25, -0.2) is 0 Å². The summed E-state index contributed by atoms with van der Waals surface area (Å²) in [6.07, 6.45) is 2.60. The number of hydrogen-bond donors (Lipinski definition) is 1. The summed E-state index contributed by atoms with van der Waals surface area (Å²) in [7, 11) is 0. The van der Waals surface area contributed by atoms with Gasteiger partial charge in [-0.15, -0.1) is 0 Å². The lowest BCUT2D eigenvalue weighted by Crippen LogP contribution is -2.31. The molecule has 2 aromatic carbocycles. The number of ether oxygens (including phenoxy) is 2. The maximum atomic E-state index is 13.3. The van der Waals surface area contributed by atoms with E-state index in [2.05, 4.69) is 32.2 Å². The Morgan fingerprint density at radius 1 is 1.06 bits per heavy atom. The molecule has 164 valence electrons. The molecule has 0 aromatic heterocycles. The molecule has 6 nitrogen and oxygen atoms in total. The lowest BCUT2D eigenvalue weighted by atomic mass is 9.88. The fraction of sp³-hybridized carbons (Fsp3) is 0.385. The Morgan fingerprint density at radius 2 is 1.81 bits per heavy atom. The van der Waals surface area contributed by atoms with Crippen LogP contribution >= 0.6 is 0 Å². The van der Waals surface area contributed by atoms with Crippen molar-refractivity contribution in [2.45, 2.75) is 39.0 Å². The molecule has 0 unspecified atom stereocenters. The van der Waals surface area contributed by atoms with Crippen molar-refractivity contribution in [3.05, 3.63) is 53.2 Å². The van der Waals surface area contributed by atoms with Crippen LogP contribution in [0, 0.1) is 5.41 Å². The molecule has 1 spiro atoms. The third-order valence-corrected chi connectivity index (χ3v) is 7.30. The van der Waals surface area contributed by atoms with Gasteiger partial charge in [-0.05, 0) is 42.7 Å². The van der Waals surface area contributed by atoms with Gasteiger partial charge < -0.3 is 14.8 Å². The van der Waals surface area contributed by atoms with Crippen molar-refractivity contribution in [2.24, 2.45) is 5.41 Å². The monoisotopic (exact) mass is 431 g/mol. The van der Waals surface area contributed by atoms with Gasteiger partial charge in [-0.1, -0.05) is 26.8 Å². The molecule has 0 bridgehead atoms. The van der Waals surface area contributed by atoms with Crippen LogP contribution in [0.25, 0.3) is 5.57 Å². The summed E-state index contributed by atoms with van der Waals surface area (Å²) >= 11 is 0. The molecule has 3 aliphatic heterocycles. The van der Waals surface area contributed by atoms with Crippen LogP contribution in [0.4, 0.5) is 11.4 Å². The van der Waals surface area contributed by atoms with E-state index in [0.717, 1.165) is 64.8 Å². The first-order valence-electron chi connectivity index (χ1n) is 11.2. The number of quaternary nitrogens is 1.